The summed E-state index contributed by atoms with van der Waals surface area (Å²) in [4.78, 5) is 12.7. The minimum Gasteiger partial charge on any atom is -0.329 e. The van der Waals surface area contributed by atoms with E-state index < -0.39 is 0 Å². The molecule has 1 fully saturated rings. The molecule has 1 aromatic carbocycles. The van der Waals surface area contributed by atoms with Crippen molar-refractivity contribution in [3.05, 3.63) is 35.1 Å². The molecule has 0 heterocycles. The van der Waals surface area contributed by atoms with Gasteiger partial charge in [-0.1, -0.05) is 31.7 Å². The summed E-state index contributed by atoms with van der Waals surface area (Å²) < 4.78 is 13.3. The van der Waals surface area contributed by atoms with Gasteiger partial charge in [-0.05, 0) is 43.0 Å². The molecule has 2 nitrogen and oxygen atoms in total. The maximum absolute atomic E-state index is 13.3. The Morgan fingerprint density at radius 2 is 1.90 bits per heavy atom. The summed E-state index contributed by atoms with van der Waals surface area (Å²) in [5.74, 6) is -0.0864. The van der Waals surface area contributed by atoms with Crippen molar-refractivity contribution in [2.24, 2.45) is 11.1 Å². The third-order valence-corrected chi connectivity index (χ3v) is 4.71. The highest BCUT2D eigenvalue weighted by atomic mass is 19.1. The van der Waals surface area contributed by atoms with E-state index >= 15 is 0 Å². The first-order chi connectivity index (χ1) is 9.57. The number of rotatable bonds is 4. The number of hydrogen-bond acceptors (Lipinski definition) is 2. The Balaban J connectivity index is 2.18. The standard InChI is InChI=1S/C17H24FNO/c1-13-6-7-15(18)10-14(13)11-16(20)17(12-19)8-4-2-3-5-9-17/h6-7,10H,2-5,8-9,11-12,19H2,1H3. The average Bonchev–Trinajstić information content (AvgIpc) is 2.69. The van der Waals surface area contributed by atoms with Crippen LogP contribution in [0.4, 0.5) is 4.39 Å². The molecule has 0 atom stereocenters. The van der Waals surface area contributed by atoms with E-state index in [1.54, 1.807) is 6.07 Å². The largest absolute Gasteiger partial charge is 0.329 e. The van der Waals surface area contributed by atoms with Crippen LogP contribution in [0.3, 0.4) is 0 Å². The Labute approximate surface area is 120 Å². The molecule has 1 aliphatic rings. The second-order valence-electron chi connectivity index (χ2n) is 6.07. The summed E-state index contributed by atoms with van der Waals surface area (Å²) in [7, 11) is 0. The molecule has 110 valence electrons. The molecule has 0 aliphatic heterocycles. The number of ketones is 1. The zero-order valence-electron chi connectivity index (χ0n) is 12.3. The van der Waals surface area contributed by atoms with Crippen LogP contribution in [0.25, 0.3) is 0 Å². The van der Waals surface area contributed by atoms with E-state index in [1.165, 1.54) is 25.0 Å². The first-order valence-corrected chi connectivity index (χ1v) is 7.56. The van der Waals surface area contributed by atoms with Crippen LogP contribution in [0.5, 0.6) is 0 Å². The lowest BCUT2D eigenvalue weighted by Crippen LogP contribution is -2.39. The predicted octanol–water partition coefficient (Wildman–Crippen LogP) is 3.55. The van der Waals surface area contributed by atoms with E-state index in [1.807, 2.05) is 6.92 Å². The Morgan fingerprint density at radius 3 is 2.50 bits per heavy atom. The van der Waals surface area contributed by atoms with Crippen molar-refractivity contribution < 1.29 is 9.18 Å². The molecule has 0 spiro atoms. The normalized spacial score (nSPS) is 18.6. The van der Waals surface area contributed by atoms with Crippen molar-refractivity contribution >= 4 is 5.78 Å². The van der Waals surface area contributed by atoms with Crippen LogP contribution >= 0.6 is 0 Å². The Bertz CT molecular complexity index is 476. The fraction of sp³-hybridized carbons (Fsp3) is 0.588. The molecule has 3 heteroatoms. The molecule has 2 N–H and O–H groups in total. The van der Waals surface area contributed by atoms with Crippen molar-refractivity contribution in [2.45, 2.75) is 51.9 Å². The van der Waals surface area contributed by atoms with Gasteiger partial charge in [0.25, 0.3) is 0 Å². The first kappa shape index (κ1) is 15.2. The van der Waals surface area contributed by atoms with Gasteiger partial charge >= 0.3 is 0 Å². The Hall–Kier alpha value is -1.22. The van der Waals surface area contributed by atoms with Crippen LogP contribution < -0.4 is 5.73 Å². The van der Waals surface area contributed by atoms with Gasteiger partial charge in [0.1, 0.15) is 11.6 Å². The van der Waals surface area contributed by atoms with Crippen LogP contribution in [0, 0.1) is 18.2 Å². The van der Waals surface area contributed by atoms with E-state index in [4.69, 9.17) is 5.73 Å². The van der Waals surface area contributed by atoms with Crippen molar-refractivity contribution in [3.63, 3.8) is 0 Å². The molecule has 0 amide bonds. The third-order valence-electron chi connectivity index (χ3n) is 4.71. The van der Waals surface area contributed by atoms with Crippen LogP contribution in [0.1, 0.15) is 49.7 Å². The highest BCUT2D eigenvalue weighted by molar-refractivity contribution is 5.87. The number of hydrogen-bond donors (Lipinski definition) is 1. The zero-order chi connectivity index (χ0) is 14.6. The van der Waals surface area contributed by atoms with E-state index in [0.29, 0.717) is 13.0 Å². The van der Waals surface area contributed by atoms with E-state index in [9.17, 15) is 9.18 Å². The minimum absolute atomic E-state index is 0.190. The molecule has 1 saturated carbocycles. The smallest absolute Gasteiger partial charge is 0.144 e. The van der Waals surface area contributed by atoms with Crippen molar-refractivity contribution in [1.29, 1.82) is 0 Å². The summed E-state index contributed by atoms with van der Waals surface area (Å²) in [5, 5.41) is 0. The molecule has 0 aromatic heterocycles. The number of carbonyl (C=O) groups is 1. The predicted molar refractivity (Wildman–Crippen MR) is 79.0 cm³/mol. The van der Waals surface area contributed by atoms with Gasteiger partial charge in [-0.25, -0.2) is 4.39 Å². The quantitative estimate of drug-likeness (QED) is 0.855. The summed E-state index contributed by atoms with van der Waals surface area (Å²) in [6.07, 6.45) is 6.60. The van der Waals surface area contributed by atoms with Gasteiger partial charge < -0.3 is 5.73 Å². The zero-order valence-corrected chi connectivity index (χ0v) is 12.3. The van der Waals surface area contributed by atoms with Gasteiger partial charge in [0, 0.05) is 18.4 Å². The van der Waals surface area contributed by atoms with Gasteiger partial charge in [0.15, 0.2) is 0 Å². The molecule has 0 unspecified atom stereocenters. The van der Waals surface area contributed by atoms with Crippen molar-refractivity contribution in [1.82, 2.24) is 0 Å². The third kappa shape index (κ3) is 3.26. The molecule has 1 aromatic rings. The summed E-state index contributed by atoms with van der Waals surface area (Å²) in [6, 6.07) is 4.65. The van der Waals surface area contributed by atoms with Crippen LogP contribution in [0.15, 0.2) is 18.2 Å². The summed E-state index contributed by atoms with van der Waals surface area (Å²) in [5.41, 5.74) is 7.33. The highest BCUT2D eigenvalue weighted by Crippen LogP contribution is 2.36. The molecular weight excluding hydrogens is 253 g/mol. The van der Waals surface area contributed by atoms with Crippen LogP contribution in [0.2, 0.25) is 0 Å². The summed E-state index contributed by atoms with van der Waals surface area (Å²) >= 11 is 0. The van der Waals surface area contributed by atoms with Gasteiger partial charge in [-0.15, -0.1) is 0 Å². The monoisotopic (exact) mass is 277 g/mol. The molecule has 0 saturated heterocycles. The minimum atomic E-state index is -0.380. The van der Waals surface area contributed by atoms with Crippen molar-refractivity contribution in [3.8, 4) is 0 Å². The number of nitrogens with two attached hydrogens (primary N) is 1. The van der Waals surface area contributed by atoms with Crippen LogP contribution in [-0.2, 0) is 11.2 Å². The van der Waals surface area contributed by atoms with Crippen LogP contribution in [-0.4, -0.2) is 12.3 Å². The number of aryl methyl sites for hydroxylation is 1. The van der Waals surface area contributed by atoms with Gasteiger partial charge in [0.2, 0.25) is 0 Å². The molecule has 0 radical (unpaired) electrons. The maximum atomic E-state index is 13.3. The number of benzene rings is 1. The Morgan fingerprint density at radius 1 is 1.25 bits per heavy atom. The average molecular weight is 277 g/mol. The molecular formula is C17H24FNO. The van der Waals surface area contributed by atoms with Gasteiger partial charge in [0.05, 0.1) is 0 Å². The fourth-order valence-corrected chi connectivity index (χ4v) is 3.19. The van der Waals surface area contributed by atoms with Crippen molar-refractivity contribution in [2.75, 3.05) is 6.54 Å². The second kappa shape index (κ2) is 6.49. The van der Waals surface area contributed by atoms with Gasteiger partial charge in [-0.2, -0.15) is 0 Å². The SMILES string of the molecule is Cc1ccc(F)cc1CC(=O)C1(CN)CCCCCC1. The number of carbonyl (C=O) groups excluding carboxylic acids is 1. The first-order valence-electron chi connectivity index (χ1n) is 7.56. The lowest BCUT2D eigenvalue weighted by molar-refractivity contribution is -0.128. The van der Waals surface area contributed by atoms with E-state index in [-0.39, 0.29) is 17.0 Å². The Kier molecular flexibility index (Phi) is 4.92. The molecule has 20 heavy (non-hydrogen) atoms. The molecule has 0 bridgehead atoms. The molecule has 1 aliphatic carbocycles. The van der Waals surface area contributed by atoms with E-state index in [2.05, 4.69) is 0 Å². The number of halogens is 1. The molecule has 2 rings (SSSR count). The second-order valence-corrected chi connectivity index (χ2v) is 6.07. The maximum Gasteiger partial charge on any atom is 0.144 e. The lowest BCUT2D eigenvalue weighted by atomic mass is 9.74. The summed E-state index contributed by atoms with van der Waals surface area (Å²) in [6.45, 7) is 2.34. The lowest BCUT2D eigenvalue weighted by Gasteiger charge is -2.30. The fourth-order valence-electron chi connectivity index (χ4n) is 3.19. The topological polar surface area (TPSA) is 43.1 Å². The van der Waals surface area contributed by atoms with E-state index in [0.717, 1.165) is 36.8 Å². The van der Waals surface area contributed by atoms with Gasteiger partial charge in [-0.3, -0.25) is 4.79 Å². The number of Topliss-reactive ketones (excluding diaryl/α,β-unsaturated/α-hetero) is 1. The highest BCUT2D eigenvalue weighted by Gasteiger charge is 2.36.